The summed E-state index contributed by atoms with van der Waals surface area (Å²) < 4.78 is 0. The van der Waals surface area contributed by atoms with Gasteiger partial charge in [0, 0.05) is 37.0 Å². The SMILES string of the molecule is C/C=N\C(=C/C)Nc1ccnc(N2CC3(CNC)CC2C3)n1. The number of allylic oxidation sites excluding steroid dienone is 1. The third-order valence-electron chi connectivity index (χ3n) is 4.53. The van der Waals surface area contributed by atoms with Crippen molar-refractivity contribution in [3.05, 3.63) is 24.2 Å². The summed E-state index contributed by atoms with van der Waals surface area (Å²) >= 11 is 0. The lowest BCUT2D eigenvalue weighted by Gasteiger charge is -2.36. The molecular formula is C16H24N6. The summed E-state index contributed by atoms with van der Waals surface area (Å²) in [6.45, 7) is 5.97. The highest BCUT2D eigenvalue weighted by molar-refractivity contribution is 5.57. The van der Waals surface area contributed by atoms with Gasteiger partial charge in [0.05, 0.1) is 0 Å². The van der Waals surface area contributed by atoms with Gasteiger partial charge in [-0.15, -0.1) is 0 Å². The fourth-order valence-electron chi connectivity index (χ4n) is 3.59. The second kappa shape index (κ2) is 6.04. The first-order valence-electron chi connectivity index (χ1n) is 7.86. The number of anilines is 2. The number of aliphatic imine (C=N–C) groups is 1. The summed E-state index contributed by atoms with van der Waals surface area (Å²) in [5, 5.41) is 6.55. The van der Waals surface area contributed by atoms with Gasteiger partial charge < -0.3 is 15.5 Å². The Kier molecular flexibility index (Phi) is 4.11. The Morgan fingerprint density at radius 3 is 3.00 bits per heavy atom. The van der Waals surface area contributed by atoms with Crippen LogP contribution in [-0.4, -0.2) is 42.4 Å². The molecule has 6 heteroatoms. The average molecular weight is 300 g/mol. The van der Waals surface area contributed by atoms with Crippen molar-refractivity contribution in [1.82, 2.24) is 15.3 Å². The van der Waals surface area contributed by atoms with E-state index in [-0.39, 0.29) is 0 Å². The van der Waals surface area contributed by atoms with E-state index in [2.05, 4.69) is 30.5 Å². The van der Waals surface area contributed by atoms with E-state index in [1.165, 1.54) is 12.8 Å². The molecule has 2 bridgehead atoms. The second-order valence-corrected chi connectivity index (χ2v) is 6.15. The first kappa shape index (κ1) is 15.0. The van der Waals surface area contributed by atoms with E-state index in [0.717, 1.165) is 30.7 Å². The molecule has 0 atom stereocenters. The van der Waals surface area contributed by atoms with E-state index < -0.39 is 0 Å². The lowest BCUT2D eigenvalue weighted by Crippen LogP contribution is -2.41. The van der Waals surface area contributed by atoms with E-state index in [1.54, 1.807) is 6.21 Å². The number of aromatic nitrogens is 2. The van der Waals surface area contributed by atoms with Crippen LogP contribution in [0, 0.1) is 5.41 Å². The Hall–Kier alpha value is -1.95. The third kappa shape index (κ3) is 2.70. The van der Waals surface area contributed by atoms with Gasteiger partial charge in [0.2, 0.25) is 5.95 Å². The zero-order valence-corrected chi connectivity index (χ0v) is 13.5. The molecule has 3 heterocycles. The van der Waals surface area contributed by atoms with Gasteiger partial charge in [0.1, 0.15) is 11.6 Å². The van der Waals surface area contributed by atoms with Crippen molar-refractivity contribution in [1.29, 1.82) is 0 Å². The first-order valence-corrected chi connectivity index (χ1v) is 7.86. The largest absolute Gasteiger partial charge is 0.337 e. The van der Waals surface area contributed by atoms with Gasteiger partial charge in [-0.1, -0.05) is 0 Å². The van der Waals surface area contributed by atoms with Gasteiger partial charge in [-0.3, -0.25) is 0 Å². The van der Waals surface area contributed by atoms with Gasteiger partial charge in [-0.2, -0.15) is 4.98 Å². The smallest absolute Gasteiger partial charge is 0.227 e. The van der Waals surface area contributed by atoms with Crippen molar-refractivity contribution in [3.8, 4) is 0 Å². The summed E-state index contributed by atoms with van der Waals surface area (Å²) in [7, 11) is 2.03. The molecule has 1 aromatic heterocycles. The van der Waals surface area contributed by atoms with Crippen LogP contribution >= 0.6 is 0 Å². The molecule has 118 valence electrons. The lowest BCUT2D eigenvalue weighted by atomic mass is 9.70. The van der Waals surface area contributed by atoms with Gasteiger partial charge in [0.15, 0.2) is 0 Å². The summed E-state index contributed by atoms with van der Waals surface area (Å²) in [5.41, 5.74) is 0.424. The minimum atomic E-state index is 0.424. The van der Waals surface area contributed by atoms with Crippen LogP contribution in [0.15, 0.2) is 29.2 Å². The molecule has 0 aromatic carbocycles. The molecule has 2 aliphatic heterocycles. The first-order chi connectivity index (χ1) is 10.7. The summed E-state index contributed by atoms with van der Waals surface area (Å²) in [5.74, 6) is 2.40. The normalized spacial score (nSPS) is 27.3. The average Bonchev–Trinajstić information content (AvgIpc) is 3.03. The highest BCUT2D eigenvalue weighted by Gasteiger charge is 2.55. The van der Waals surface area contributed by atoms with Crippen LogP contribution in [0.25, 0.3) is 0 Å². The number of nitrogens with one attached hydrogen (secondary N) is 2. The Labute approximate surface area is 131 Å². The fourth-order valence-corrected chi connectivity index (χ4v) is 3.59. The number of hydrogen-bond donors (Lipinski definition) is 2. The van der Waals surface area contributed by atoms with Crippen LogP contribution in [0.5, 0.6) is 0 Å². The zero-order chi connectivity index (χ0) is 15.6. The Balaban J connectivity index is 1.73. The van der Waals surface area contributed by atoms with Crippen LogP contribution < -0.4 is 15.5 Å². The van der Waals surface area contributed by atoms with E-state index in [9.17, 15) is 0 Å². The van der Waals surface area contributed by atoms with Crippen LogP contribution in [0.3, 0.4) is 0 Å². The van der Waals surface area contributed by atoms with Crippen molar-refractivity contribution >= 4 is 18.0 Å². The molecule has 2 saturated heterocycles. The zero-order valence-electron chi connectivity index (χ0n) is 13.5. The quantitative estimate of drug-likeness (QED) is 0.787. The van der Waals surface area contributed by atoms with Crippen LogP contribution in [0.4, 0.5) is 11.8 Å². The van der Waals surface area contributed by atoms with E-state index in [0.29, 0.717) is 11.5 Å². The topological polar surface area (TPSA) is 65.4 Å². The molecule has 6 nitrogen and oxygen atoms in total. The van der Waals surface area contributed by atoms with Crippen LogP contribution in [0.2, 0.25) is 0 Å². The third-order valence-corrected chi connectivity index (χ3v) is 4.53. The molecule has 22 heavy (non-hydrogen) atoms. The van der Waals surface area contributed by atoms with Crippen molar-refractivity contribution in [2.45, 2.75) is 32.7 Å². The Bertz CT molecular complexity index is 588. The molecular weight excluding hydrogens is 276 g/mol. The molecule has 1 aliphatic carbocycles. The molecule has 1 aromatic rings. The second-order valence-electron chi connectivity index (χ2n) is 6.15. The van der Waals surface area contributed by atoms with Gasteiger partial charge >= 0.3 is 0 Å². The minimum absolute atomic E-state index is 0.424. The summed E-state index contributed by atoms with van der Waals surface area (Å²) in [4.78, 5) is 15.7. The van der Waals surface area contributed by atoms with Crippen molar-refractivity contribution in [2.75, 3.05) is 30.4 Å². The highest BCUT2D eigenvalue weighted by Crippen LogP contribution is 2.52. The monoisotopic (exact) mass is 300 g/mol. The van der Waals surface area contributed by atoms with Crippen molar-refractivity contribution in [2.24, 2.45) is 10.4 Å². The van der Waals surface area contributed by atoms with Crippen molar-refractivity contribution in [3.63, 3.8) is 0 Å². The maximum Gasteiger partial charge on any atom is 0.227 e. The van der Waals surface area contributed by atoms with Crippen LogP contribution in [0.1, 0.15) is 26.7 Å². The van der Waals surface area contributed by atoms with E-state index in [1.807, 2.05) is 39.2 Å². The maximum atomic E-state index is 4.66. The summed E-state index contributed by atoms with van der Waals surface area (Å²) in [6, 6.07) is 2.47. The molecule has 2 N–H and O–H groups in total. The Morgan fingerprint density at radius 1 is 1.50 bits per heavy atom. The van der Waals surface area contributed by atoms with Gasteiger partial charge in [-0.05, 0) is 45.9 Å². The predicted octanol–water partition coefficient (Wildman–Crippen LogP) is 2.03. The number of hydrogen-bond acceptors (Lipinski definition) is 6. The van der Waals surface area contributed by atoms with Crippen molar-refractivity contribution < 1.29 is 0 Å². The standard InChI is InChI=1S/C16H24N6/c1-4-13(18-5-2)20-14-6-7-19-15(21-14)22-11-16(10-17-3)8-12(22)9-16/h4-7,12,17H,8-11H2,1-3H3,(H,19,20,21)/b13-4+,18-5-. The molecule has 4 rings (SSSR count). The molecule has 0 spiro atoms. The van der Waals surface area contributed by atoms with Gasteiger partial charge in [0.25, 0.3) is 0 Å². The maximum absolute atomic E-state index is 4.66. The highest BCUT2D eigenvalue weighted by atomic mass is 15.3. The summed E-state index contributed by atoms with van der Waals surface area (Å²) in [6.07, 6.45) is 8.00. The molecule has 3 fully saturated rings. The Morgan fingerprint density at radius 2 is 2.32 bits per heavy atom. The minimum Gasteiger partial charge on any atom is -0.337 e. The molecule has 3 aliphatic rings. The molecule has 1 saturated carbocycles. The fraction of sp³-hybridized carbons (Fsp3) is 0.562. The predicted molar refractivity (Wildman–Crippen MR) is 90.3 cm³/mol. The number of nitrogens with zero attached hydrogens (tertiary/aromatic N) is 4. The van der Waals surface area contributed by atoms with E-state index >= 15 is 0 Å². The van der Waals surface area contributed by atoms with Crippen LogP contribution in [-0.2, 0) is 0 Å². The molecule has 0 unspecified atom stereocenters. The lowest BCUT2D eigenvalue weighted by molar-refractivity contribution is 0.196. The number of fused-ring (bicyclic) bond motifs is 1. The molecule has 0 radical (unpaired) electrons. The van der Waals surface area contributed by atoms with E-state index in [4.69, 9.17) is 0 Å². The van der Waals surface area contributed by atoms with Gasteiger partial charge in [-0.25, -0.2) is 9.98 Å². The molecule has 0 amide bonds. The number of rotatable bonds is 6.